The van der Waals surface area contributed by atoms with Crippen LogP contribution in [0.5, 0.6) is 0 Å². The SMILES string of the molecule is CSc1ccc(C(CN=C(N(C)C)N(C)C)N(C)C)cc1. The Morgan fingerprint density at radius 1 is 1.00 bits per heavy atom. The molecule has 21 heavy (non-hydrogen) atoms. The van der Waals surface area contributed by atoms with Crippen LogP contribution in [-0.4, -0.2) is 75.7 Å². The predicted molar refractivity (Wildman–Crippen MR) is 94.3 cm³/mol. The number of hydrogen-bond acceptors (Lipinski definition) is 3. The lowest BCUT2D eigenvalue weighted by atomic mass is 10.1. The van der Waals surface area contributed by atoms with E-state index in [2.05, 4.69) is 49.5 Å². The van der Waals surface area contributed by atoms with Gasteiger partial charge in [-0.05, 0) is 38.0 Å². The predicted octanol–water partition coefficient (Wildman–Crippen LogP) is 2.49. The molecule has 0 aliphatic heterocycles. The molecule has 0 saturated heterocycles. The molecule has 0 spiro atoms. The van der Waals surface area contributed by atoms with Crippen molar-refractivity contribution >= 4 is 17.7 Å². The van der Waals surface area contributed by atoms with E-state index in [1.807, 2.05) is 38.0 Å². The van der Waals surface area contributed by atoms with Crippen molar-refractivity contribution in [2.45, 2.75) is 10.9 Å². The summed E-state index contributed by atoms with van der Waals surface area (Å²) in [5.74, 6) is 0.989. The highest BCUT2D eigenvalue weighted by molar-refractivity contribution is 7.98. The van der Waals surface area contributed by atoms with Crippen LogP contribution in [0.3, 0.4) is 0 Å². The van der Waals surface area contributed by atoms with Gasteiger partial charge in [0.15, 0.2) is 5.96 Å². The molecule has 0 N–H and O–H groups in total. The van der Waals surface area contributed by atoms with Crippen molar-refractivity contribution in [2.24, 2.45) is 4.99 Å². The molecule has 118 valence electrons. The first-order valence-corrected chi connectivity index (χ1v) is 8.28. The number of likely N-dealkylation sites (N-methyl/N-ethyl adjacent to an activating group) is 1. The van der Waals surface area contributed by atoms with Crippen molar-refractivity contribution in [2.75, 3.05) is 55.1 Å². The third-order valence-electron chi connectivity index (χ3n) is 3.33. The Morgan fingerprint density at radius 3 is 1.90 bits per heavy atom. The van der Waals surface area contributed by atoms with Gasteiger partial charge in [0.2, 0.25) is 0 Å². The number of nitrogens with zero attached hydrogens (tertiary/aromatic N) is 4. The van der Waals surface area contributed by atoms with Gasteiger partial charge in [0, 0.05) is 33.1 Å². The second kappa shape index (κ2) is 8.29. The molecular formula is C16H28N4S. The van der Waals surface area contributed by atoms with Crippen LogP contribution in [0.4, 0.5) is 0 Å². The van der Waals surface area contributed by atoms with Gasteiger partial charge in [-0.25, -0.2) is 0 Å². The van der Waals surface area contributed by atoms with Crippen LogP contribution in [-0.2, 0) is 0 Å². The fraction of sp³-hybridized carbons (Fsp3) is 0.562. The summed E-state index contributed by atoms with van der Waals surface area (Å²) in [4.78, 5) is 12.4. The van der Waals surface area contributed by atoms with Crippen molar-refractivity contribution in [1.82, 2.24) is 14.7 Å². The maximum Gasteiger partial charge on any atom is 0.195 e. The van der Waals surface area contributed by atoms with E-state index in [0.29, 0.717) is 0 Å². The molecule has 5 heteroatoms. The molecule has 1 aromatic rings. The molecule has 1 rings (SSSR count). The normalized spacial score (nSPS) is 12.2. The molecule has 0 fully saturated rings. The number of hydrogen-bond donors (Lipinski definition) is 0. The Morgan fingerprint density at radius 2 is 1.52 bits per heavy atom. The highest BCUT2D eigenvalue weighted by atomic mass is 32.2. The Labute approximate surface area is 133 Å². The van der Waals surface area contributed by atoms with Crippen LogP contribution in [0, 0.1) is 0 Å². The average Bonchev–Trinajstić information content (AvgIpc) is 2.42. The molecule has 1 atom stereocenters. The fourth-order valence-corrected chi connectivity index (χ4v) is 2.65. The van der Waals surface area contributed by atoms with E-state index < -0.39 is 0 Å². The first-order valence-electron chi connectivity index (χ1n) is 7.06. The zero-order chi connectivity index (χ0) is 16.0. The summed E-state index contributed by atoms with van der Waals surface area (Å²) in [5.41, 5.74) is 1.30. The summed E-state index contributed by atoms with van der Waals surface area (Å²) in [6.45, 7) is 0.747. The summed E-state index contributed by atoms with van der Waals surface area (Å²) < 4.78 is 0. The van der Waals surface area contributed by atoms with E-state index in [1.54, 1.807) is 11.8 Å². The quantitative estimate of drug-likeness (QED) is 0.473. The Hall–Kier alpha value is -1.20. The lowest BCUT2D eigenvalue weighted by molar-refractivity contribution is 0.304. The van der Waals surface area contributed by atoms with E-state index in [0.717, 1.165) is 12.5 Å². The van der Waals surface area contributed by atoms with Crippen LogP contribution in [0.1, 0.15) is 11.6 Å². The molecule has 1 aromatic carbocycles. The maximum absolute atomic E-state index is 4.78. The topological polar surface area (TPSA) is 22.1 Å². The second-order valence-electron chi connectivity index (χ2n) is 5.68. The van der Waals surface area contributed by atoms with Gasteiger partial charge >= 0.3 is 0 Å². The molecule has 0 saturated carbocycles. The van der Waals surface area contributed by atoms with Crippen LogP contribution < -0.4 is 0 Å². The summed E-state index contributed by atoms with van der Waals surface area (Å²) in [7, 11) is 12.3. The van der Waals surface area contributed by atoms with Crippen LogP contribution in [0.15, 0.2) is 34.2 Å². The van der Waals surface area contributed by atoms with Gasteiger partial charge in [-0.3, -0.25) is 4.99 Å². The minimum Gasteiger partial charge on any atom is -0.349 e. The first kappa shape index (κ1) is 17.9. The Bertz CT molecular complexity index is 442. The van der Waals surface area contributed by atoms with Gasteiger partial charge in [-0.2, -0.15) is 0 Å². The number of benzene rings is 1. The molecule has 0 bridgehead atoms. The minimum atomic E-state index is 0.288. The van der Waals surface area contributed by atoms with Gasteiger partial charge in [0.1, 0.15) is 0 Å². The monoisotopic (exact) mass is 308 g/mol. The largest absolute Gasteiger partial charge is 0.349 e. The zero-order valence-corrected chi connectivity index (χ0v) is 15.1. The van der Waals surface area contributed by atoms with E-state index in [4.69, 9.17) is 4.99 Å². The molecule has 4 nitrogen and oxygen atoms in total. The highest BCUT2D eigenvalue weighted by Crippen LogP contribution is 2.22. The first-order chi connectivity index (χ1) is 9.86. The van der Waals surface area contributed by atoms with Crippen LogP contribution >= 0.6 is 11.8 Å². The highest BCUT2D eigenvalue weighted by Gasteiger charge is 2.15. The third-order valence-corrected chi connectivity index (χ3v) is 4.07. The number of aliphatic imine (C=N–C) groups is 1. The molecular weight excluding hydrogens is 280 g/mol. The summed E-state index contributed by atoms with van der Waals surface area (Å²) in [6.07, 6.45) is 2.10. The lowest BCUT2D eigenvalue weighted by Gasteiger charge is -2.26. The van der Waals surface area contributed by atoms with Crippen molar-refractivity contribution in [1.29, 1.82) is 0 Å². The third kappa shape index (κ3) is 5.25. The van der Waals surface area contributed by atoms with Crippen LogP contribution in [0.2, 0.25) is 0 Å². The summed E-state index contributed by atoms with van der Waals surface area (Å²) >= 11 is 1.77. The van der Waals surface area contributed by atoms with Crippen LogP contribution in [0.25, 0.3) is 0 Å². The Kier molecular flexibility index (Phi) is 7.05. The molecule has 0 amide bonds. The standard InChI is InChI=1S/C16H28N4S/c1-18(2)15(12-17-16(19(3)4)20(5)6)13-8-10-14(21-7)11-9-13/h8-11,15H,12H2,1-7H3. The Balaban J connectivity index is 2.94. The van der Waals surface area contributed by atoms with Crippen molar-refractivity contribution in [3.8, 4) is 0 Å². The number of guanidine groups is 1. The minimum absolute atomic E-state index is 0.288. The van der Waals surface area contributed by atoms with E-state index >= 15 is 0 Å². The van der Waals surface area contributed by atoms with Crippen molar-refractivity contribution in [3.05, 3.63) is 29.8 Å². The van der Waals surface area contributed by atoms with Gasteiger partial charge in [0.25, 0.3) is 0 Å². The van der Waals surface area contributed by atoms with Crippen molar-refractivity contribution < 1.29 is 0 Å². The summed E-state index contributed by atoms with van der Waals surface area (Å²) in [6, 6.07) is 9.06. The molecule has 0 radical (unpaired) electrons. The maximum atomic E-state index is 4.78. The van der Waals surface area contributed by atoms with Gasteiger partial charge < -0.3 is 14.7 Å². The lowest BCUT2D eigenvalue weighted by Crippen LogP contribution is -2.36. The smallest absolute Gasteiger partial charge is 0.195 e. The van der Waals surface area contributed by atoms with Gasteiger partial charge in [-0.1, -0.05) is 12.1 Å². The second-order valence-corrected chi connectivity index (χ2v) is 6.56. The van der Waals surface area contributed by atoms with E-state index in [1.165, 1.54) is 10.5 Å². The van der Waals surface area contributed by atoms with Crippen molar-refractivity contribution in [3.63, 3.8) is 0 Å². The summed E-state index contributed by atoms with van der Waals surface area (Å²) in [5, 5.41) is 0. The van der Waals surface area contributed by atoms with E-state index in [9.17, 15) is 0 Å². The molecule has 0 heterocycles. The molecule has 1 unspecified atom stereocenters. The average molecular weight is 308 g/mol. The zero-order valence-electron chi connectivity index (χ0n) is 14.3. The van der Waals surface area contributed by atoms with Gasteiger partial charge in [-0.15, -0.1) is 11.8 Å². The van der Waals surface area contributed by atoms with E-state index in [-0.39, 0.29) is 6.04 Å². The molecule has 0 aromatic heterocycles. The van der Waals surface area contributed by atoms with Gasteiger partial charge in [0.05, 0.1) is 12.6 Å². The molecule has 0 aliphatic rings. The number of thioether (sulfide) groups is 1. The fourth-order valence-electron chi connectivity index (χ4n) is 2.24. The number of rotatable bonds is 5. The molecule has 0 aliphatic carbocycles.